The van der Waals surface area contributed by atoms with Crippen LogP contribution < -0.4 is 32.9 Å². The monoisotopic (exact) mass is 578 g/mol. The van der Waals surface area contributed by atoms with E-state index in [2.05, 4.69) is 106 Å². The average molecular weight is 580 g/mol. The summed E-state index contributed by atoms with van der Waals surface area (Å²) >= 11 is 0. The van der Waals surface area contributed by atoms with Gasteiger partial charge in [0, 0.05) is 11.1 Å². The van der Waals surface area contributed by atoms with Crippen molar-refractivity contribution in [1.29, 1.82) is 0 Å². The van der Waals surface area contributed by atoms with Crippen molar-refractivity contribution in [2.24, 2.45) is 0 Å². The lowest BCUT2D eigenvalue weighted by atomic mass is 10.0. The number of rotatable bonds is 7. The van der Waals surface area contributed by atoms with E-state index in [0.29, 0.717) is 0 Å². The van der Waals surface area contributed by atoms with E-state index >= 15 is 0 Å². The van der Waals surface area contributed by atoms with Crippen molar-refractivity contribution >= 4 is 29.0 Å². The predicted octanol–water partition coefficient (Wildman–Crippen LogP) is 4.34. The molecule has 0 atom stereocenters. The first-order valence-electron chi connectivity index (χ1n) is 12.7. The van der Waals surface area contributed by atoms with E-state index in [1.807, 2.05) is 42.5 Å². The highest BCUT2D eigenvalue weighted by Crippen LogP contribution is 2.58. The van der Waals surface area contributed by atoms with Gasteiger partial charge >= 0.3 is 0 Å². The van der Waals surface area contributed by atoms with Crippen molar-refractivity contribution in [2.75, 3.05) is 0 Å². The third kappa shape index (κ3) is 5.73. The predicted molar refractivity (Wildman–Crippen MR) is 159 cm³/mol. The minimum Gasteiger partial charge on any atom is -1.00 e. The molecule has 3 heteroatoms. The van der Waals surface area contributed by atoms with Crippen molar-refractivity contribution in [2.45, 2.75) is 26.9 Å². The largest absolute Gasteiger partial charge is 1.00 e. The summed E-state index contributed by atoms with van der Waals surface area (Å²) in [7, 11) is -2.02. The van der Waals surface area contributed by atoms with Crippen LogP contribution >= 0.6 is 7.26 Å². The summed E-state index contributed by atoms with van der Waals surface area (Å²) in [4.78, 5) is 13.0. The number of carbonyl (C=O) groups excluding carboxylic acids is 1. The standard InChI is InChI=1S/C35H32OP.BrH/c1-26-9-19-32(20-10-26)37(33-21-11-27(2)12-22-33,34-23-13-28(3)14-24-34)25-29-15-17-31(18-16-29)35(36)30-7-5-4-6-8-30;/h4-24H,25H2,1-3H3;1H/q+1;/p-1. The normalized spacial score (nSPS) is 11.0. The second-order valence-corrected chi connectivity index (χ2v) is 13.4. The Balaban J connectivity index is 0.00000336. The van der Waals surface area contributed by atoms with Crippen molar-refractivity contribution in [3.05, 3.63) is 161 Å². The summed E-state index contributed by atoms with van der Waals surface area (Å²) in [5, 5.41) is 4.11. The molecule has 0 aliphatic carbocycles. The average Bonchev–Trinajstić information content (AvgIpc) is 2.94. The molecule has 0 aliphatic heterocycles. The fourth-order valence-electron chi connectivity index (χ4n) is 4.91. The van der Waals surface area contributed by atoms with Gasteiger partial charge in [0.25, 0.3) is 0 Å². The van der Waals surface area contributed by atoms with Crippen LogP contribution in [0, 0.1) is 20.8 Å². The van der Waals surface area contributed by atoms with Crippen LogP contribution in [0.3, 0.4) is 0 Å². The Kier molecular flexibility index (Phi) is 8.77. The highest BCUT2D eigenvalue weighted by molar-refractivity contribution is 7.95. The summed E-state index contributed by atoms with van der Waals surface area (Å²) in [5.41, 5.74) is 6.46. The molecule has 0 radical (unpaired) electrons. The van der Waals surface area contributed by atoms with Crippen LogP contribution in [0.15, 0.2) is 127 Å². The quantitative estimate of drug-likeness (QED) is 0.207. The molecular weight excluding hydrogens is 547 g/mol. The van der Waals surface area contributed by atoms with Gasteiger partial charge in [0.05, 0.1) is 6.16 Å². The number of hydrogen-bond acceptors (Lipinski definition) is 1. The lowest BCUT2D eigenvalue weighted by Gasteiger charge is -2.28. The van der Waals surface area contributed by atoms with E-state index in [1.54, 1.807) is 0 Å². The molecule has 0 fully saturated rings. The molecule has 0 unspecified atom stereocenters. The Labute approximate surface area is 237 Å². The Morgan fingerprint density at radius 2 is 0.868 bits per heavy atom. The third-order valence-electron chi connectivity index (χ3n) is 7.10. The summed E-state index contributed by atoms with van der Waals surface area (Å²) in [6.45, 7) is 6.43. The van der Waals surface area contributed by atoms with Gasteiger partial charge in [-0.1, -0.05) is 108 Å². The maximum Gasteiger partial charge on any atom is 0.193 e. The molecule has 5 aromatic carbocycles. The maximum atomic E-state index is 13.0. The molecule has 0 bridgehead atoms. The van der Waals surface area contributed by atoms with Crippen LogP contribution in [-0.4, -0.2) is 5.78 Å². The zero-order chi connectivity index (χ0) is 25.8. The van der Waals surface area contributed by atoms with E-state index in [1.165, 1.54) is 38.2 Å². The van der Waals surface area contributed by atoms with E-state index < -0.39 is 7.26 Å². The second kappa shape index (κ2) is 12.0. The highest BCUT2D eigenvalue weighted by Gasteiger charge is 2.45. The molecule has 5 aromatic rings. The number of benzene rings is 5. The van der Waals surface area contributed by atoms with Crippen LogP contribution in [0.4, 0.5) is 0 Å². The molecule has 38 heavy (non-hydrogen) atoms. The van der Waals surface area contributed by atoms with E-state index in [4.69, 9.17) is 0 Å². The van der Waals surface area contributed by atoms with Gasteiger partial charge in [0.1, 0.15) is 23.2 Å². The molecule has 0 saturated heterocycles. The van der Waals surface area contributed by atoms with Gasteiger partial charge in [-0.3, -0.25) is 4.79 Å². The van der Waals surface area contributed by atoms with Crippen LogP contribution in [0.25, 0.3) is 0 Å². The maximum absolute atomic E-state index is 13.0. The van der Waals surface area contributed by atoms with Crippen molar-refractivity contribution in [1.82, 2.24) is 0 Å². The Hall–Kier alpha value is -3.32. The topological polar surface area (TPSA) is 17.1 Å². The summed E-state index contributed by atoms with van der Waals surface area (Å²) < 4.78 is 0. The first kappa shape index (κ1) is 27.7. The molecule has 0 spiro atoms. The summed E-state index contributed by atoms with van der Waals surface area (Å²) in [5.74, 6) is 0.0591. The van der Waals surface area contributed by atoms with Gasteiger partial charge < -0.3 is 17.0 Å². The van der Waals surface area contributed by atoms with Gasteiger partial charge in [-0.15, -0.1) is 0 Å². The van der Waals surface area contributed by atoms with Crippen molar-refractivity contribution in [3.8, 4) is 0 Å². The van der Waals surface area contributed by atoms with E-state index in [-0.39, 0.29) is 22.8 Å². The highest BCUT2D eigenvalue weighted by atomic mass is 79.9. The molecule has 0 N–H and O–H groups in total. The smallest absolute Gasteiger partial charge is 0.193 e. The lowest BCUT2D eigenvalue weighted by molar-refractivity contribution is -0.0000146. The van der Waals surface area contributed by atoms with Gasteiger partial charge in [0.15, 0.2) is 5.78 Å². The summed E-state index contributed by atoms with van der Waals surface area (Å²) in [6.07, 6.45) is 0.891. The molecule has 0 aliphatic rings. The van der Waals surface area contributed by atoms with Crippen LogP contribution in [0.1, 0.15) is 38.2 Å². The molecule has 1 nitrogen and oxygen atoms in total. The van der Waals surface area contributed by atoms with Crippen LogP contribution in [0.2, 0.25) is 0 Å². The van der Waals surface area contributed by atoms with Gasteiger partial charge in [0.2, 0.25) is 0 Å². The number of ketones is 1. The molecule has 0 saturated carbocycles. The van der Waals surface area contributed by atoms with Crippen molar-refractivity contribution in [3.63, 3.8) is 0 Å². The first-order valence-corrected chi connectivity index (χ1v) is 14.7. The van der Waals surface area contributed by atoms with Crippen LogP contribution in [-0.2, 0) is 6.16 Å². The van der Waals surface area contributed by atoms with Gasteiger partial charge in [-0.05, 0) is 62.7 Å². The zero-order valence-electron chi connectivity index (χ0n) is 22.1. The Bertz CT molecular complexity index is 1380. The number of hydrogen-bond donors (Lipinski definition) is 0. The zero-order valence-corrected chi connectivity index (χ0v) is 24.5. The SMILES string of the molecule is Cc1ccc([P+](Cc2ccc(C(=O)c3ccccc3)cc2)(c2ccc(C)cc2)c2ccc(C)cc2)cc1.[Br-]. The Morgan fingerprint density at radius 3 is 1.26 bits per heavy atom. The number of aryl methyl sites for hydroxylation is 3. The van der Waals surface area contributed by atoms with E-state index in [9.17, 15) is 4.79 Å². The fourth-order valence-corrected chi connectivity index (χ4v) is 9.09. The lowest BCUT2D eigenvalue weighted by Crippen LogP contribution is -3.00. The van der Waals surface area contributed by atoms with Gasteiger partial charge in [-0.25, -0.2) is 0 Å². The molecule has 190 valence electrons. The molecule has 0 aromatic heterocycles. The summed E-state index contributed by atoms with van der Waals surface area (Å²) in [6, 6.07) is 45.0. The van der Waals surface area contributed by atoms with Crippen LogP contribution in [0.5, 0.6) is 0 Å². The fraction of sp³-hybridized carbons (Fsp3) is 0.114. The Morgan fingerprint density at radius 1 is 0.500 bits per heavy atom. The molecule has 0 amide bonds. The van der Waals surface area contributed by atoms with Crippen molar-refractivity contribution < 1.29 is 21.8 Å². The first-order chi connectivity index (χ1) is 18.0. The minimum atomic E-state index is -2.02. The molecule has 5 rings (SSSR count). The number of carbonyl (C=O) groups is 1. The minimum absolute atomic E-state index is 0. The molecule has 0 heterocycles. The third-order valence-corrected chi connectivity index (χ3v) is 11.5. The van der Waals surface area contributed by atoms with E-state index in [0.717, 1.165) is 17.3 Å². The molecular formula is C35H32BrOP. The number of halogens is 1. The van der Waals surface area contributed by atoms with Gasteiger partial charge in [-0.2, -0.15) is 0 Å². The second-order valence-electron chi connectivity index (χ2n) is 9.87.